The Morgan fingerprint density at radius 1 is 1.08 bits per heavy atom. The summed E-state index contributed by atoms with van der Waals surface area (Å²) < 4.78 is 156. The third-order valence-electron chi connectivity index (χ3n) is 7.78. The van der Waals surface area contributed by atoms with Gasteiger partial charge in [-0.15, -0.1) is 0 Å². The van der Waals surface area contributed by atoms with Crippen LogP contribution in [0.15, 0.2) is 6.07 Å². The molecule has 50 heavy (non-hydrogen) atoms. The second kappa shape index (κ2) is 14.0. The first-order valence-electron chi connectivity index (χ1n) is 15.2. The van der Waals surface area contributed by atoms with Gasteiger partial charge in [0, 0.05) is 37.5 Å². The lowest BCUT2D eigenvalue weighted by Crippen LogP contribution is -2.37. The summed E-state index contributed by atoms with van der Waals surface area (Å²) in [6.45, 7) is 3.30. The Labute approximate surface area is 279 Å². The van der Waals surface area contributed by atoms with Crippen molar-refractivity contribution in [3.05, 3.63) is 28.8 Å². The zero-order valence-corrected chi connectivity index (χ0v) is 27.4. The van der Waals surface area contributed by atoms with Crippen LogP contribution in [0.2, 0.25) is 0 Å². The molecule has 9 nitrogen and oxygen atoms in total. The Morgan fingerprint density at radius 2 is 1.74 bits per heavy atom. The topological polar surface area (TPSA) is 110 Å². The summed E-state index contributed by atoms with van der Waals surface area (Å²) in [7, 11) is 3.10. The molecule has 4 N–H and O–H groups in total. The van der Waals surface area contributed by atoms with E-state index in [1.54, 1.807) is 14.1 Å². The number of nitrogen functional groups attached to an aromatic ring is 1. The zero-order valence-electron chi connectivity index (χ0n) is 27.4. The lowest BCUT2D eigenvalue weighted by Gasteiger charge is -2.24. The number of aromatic nitrogens is 3. The minimum absolute atomic E-state index is 0.133. The Morgan fingerprint density at radius 3 is 2.32 bits per heavy atom. The standard InChI is InChI=1S/C29H27F10N7O2.C2H6/c1-13-18(29(37,38)39)14(9-15(40)19(13)30)21-20(31)22-17-23(45-25(44-22)47-12-26(11-46(2)3)10-27(26,32)33)42-7-4-6-41-8-5-16(28(34,35)36)48-24(17)43-21;1-2/h9,16,41H,5,7-8,10-12,40H2,1-3H3,(H,42,44,45);1-2H3. The molecule has 19 heteroatoms. The molecule has 5 rings (SSSR count). The van der Waals surface area contributed by atoms with Crippen LogP contribution in [0, 0.1) is 35.9 Å². The lowest BCUT2D eigenvalue weighted by molar-refractivity contribution is -0.196. The number of anilines is 2. The highest BCUT2D eigenvalue weighted by Crippen LogP contribution is 2.60. The number of ether oxygens (including phenoxy) is 2. The Bertz CT molecular complexity index is 1810. The number of alkyl halides is 8. The third kappa shape index (κ3) is 7.64. The van der Waals surface area contributed by atoms with Gasteiger partial charge in [0.2, 0.25) is 5.88 Å². The highest BCUT2D eigenvalue weighted by Gasteiger charge is 2.71. The molecule has 1 fully saturated rings. The molecule has 0 amide bonds. The van der Waals surface area contributed by atoms with Gasteiger partial charge in [-0.2, -0.15) is 36.3 Å². The number of hydrogen-bond acceptors (Lipinski definition) is 9. The summed E-state index contributed by atoms with van der Waals surface area (Å²) in [5, 5.41) is 4.44. The molecule has 2 unspecified atom stereocenters. The number of nitrogens with one attached hydrogen (secondary N) is 2. The van der Waals surface area contributed by atoms with Crippen molar-refractivity contribution in [3.8, 4) is 35.1 Å². The van der Waals surface area contributed by atoms with Gasteiger partial charge in [0.05, 0.1) is 23.2 Å². The SMILES string of the molecule is CC.Cc1c(F)c(N)cc(-c2nc3c4c(nc(OCC5(CN(C)C)CC5(F)F)nc4c2F)NCC#CNCCC(C(F)(F)F)O3)c1C(F)(F)F. The van der Waals surface area contributed by atoms with E-state index in [0.717, 1.165) is 6.92 Å². The van der Waals surface area contributed by atoms with Gasteiger partial charge >= 0.3 is 18.4 Å². The average molecular weight is 726 g/mol. The van der Waals surface area contributed by atoms with Crippen LogP contribution in [0.25, 0.3) is 22.2 Å². The number of nitrogens with two attached hydrogens (primary N) is 1. The van der Waals surface area contributed by atoms with E-state index in [0.29, 0.717) is 6.07 Å². The second-order valence-electron chi connectivity index (χ2n) is 11.7. The van der Waals surface area contributed by atoms with E-state index in [1.807, 2.05) is 13.8 Å². The van der Waals surface area contributed by atoms with Crippen molar-refractivity contribution in [1.82, 2.24) is 25.2 Å². The Kier molecular flexibility index (Phi) is 10.8. The van der Waals surface area contributed by atoms with Crippen LogP contribution in [0.5, 0.6) is 11.9 Å². The molecule has 0 saturated heterocycles. The Balaban J connectivity index is 0.00000276. The van der Waals surface area contributed by atoms with Crippen LogP contribution in [0.3, 0.4) is 0 Å². The van der Waals surface area contributed by atoms with Gasteiger partial charge in [0.1, 0.15) is 34.8 Å². The maximum Gasteiger partial charge on any atom is 0.425 e. The first-order valence-corrected chi connectivity index (χ1v) is 15.2. The first kappa shape index (κ1) is 38.3. The second-order valence-corrected chi connectivity index (χ2v) is 11.7. The van der Waals surface area contributed by atoms with Crippen LogP contribution in [-0.2, 0) is 6.18 Å². The van der Waals surface area contributed by atoms with Crippen molar-refractivity contribution in [2.45, 2.75) is 58.0 Å². The normalized spacial score (nSPS) is 20.1. The van der Waals surface area contributed by atoms with Gasteiger partial charge in [0.15, 0.2) is 11.9 Å². The minimum atomic E-state index is -5.32. The molecule has 2 atom stereocenters. The molecule has 1 saturated carbocycles. The number of rotatable bonds is 6. The fraction of sp³-hybridized carbons (Fsp3) is 0.516. The quantitative estimate of drug-likeness (QED) is 0.148. The third-order valence-corrected chi connectivity index (χ3v) is 7.78. The van der Waals surface area contributed by atoms with Gasteiger partial charge in [0.25, 0.3) is 5.92 Å². The largest absolute Gasteiger partial charge is 0.464 e. The highest BCUT2D eigenvalue weighted by atomic mass is 19.4. The molecule has 3 heterocycles. The molecule has 1 aliphatic heterocycles. The molecule has 0 radical (unpaired) electrons. The lowest BCUT2D eigenvalue weighted by atomic mass is 9.96. The molecule has 3 aromatic rings. The van der Waals surface area contributed by atoms with Crippen LogP contribution in [0.1, 0.15) is 37.8 Å². The van der Waals surface area contributed by atoms with E-state index in [9.17, 15) is 39.5 Å². The number of benzene rings is 1. The molecule has 0 spiro atoms. The van der Waals surface area contributed by atoms with Gasteiger partial charge in [-0.1, -0.05) is 19.8 Å². The first-order chi connectivity index (χ1) is 23.3. The van der Waals surface area contributed by atoms with Crippen molar-refractivity contribution < 1.29 is 53.4 Å². The van der Waals surface area contributed by atoms with Gasteiger partial charge < -0.3 is 30.7 Å². The van der Waals surface area contributed by atoms with E-state index >= 15 is 4.39 Å². The van der Waals surface area contributed by atoms with E-state index in [-0.39, 0.29) is 19.6 Å². The van der Waals surface area contributed by atoms with Gasteiger partial charge in [-0.3, -0.25) is 0 Å². The van der Waals surface area contributed by atoms with Gasteiger partial charge in [-0.05, 0) is 32.6 Å². The molecule has 0 bridgehead atoms. The maximum absolute atomic E-state index is 16.5. The van der Waals surface area contributed by atoms with Crippen molar-refractivity contribution >= 4 is 22.4 Å². The summed E-state index contributed by atoms with van der Waals surface area (Å²) in [4.78, 5) is 13.2. The van der Waals surface area contributed by atoms with Gasteiger partial charge in [-0.25, -0.2) is 22.5 Å². The van der Waals surface area contributed by atoms with Crippen LogP contribution >= 0.6 is 0 Å². The van der Waals surface area contributed by atoms with E-state index in [1.165, 1.54) is 4.90 Å². The van der Waals surface area contributed by atoms with E-state index < -0.39 is 118 Å². The van der Waals surface area contributed by atoms with Crippen molar-refractivity contribution in [3.63, 3.8) is 0 Å². The summed E-state index contributed by atoms with van der Waals surface area (Å²) in [5.74, 6) is -5.20. The summed E-state index contributed by atoms with van der Waals surface area (Å²) in [6, 6.07) is 2.10. The minimum Gasteiger partial charge on any atom is -0.464 e. The van der Waals surface area contributed by atoms with Crippen LogP contribution in [-0.4, -0.2) is 78.4 Å². The van der Waals surface area contributed by atoms with Crippen LogP contribution < -0.4 is 25.8 Å². The van der Waals surface area contributed by atoms with E-state index in [4.69, 9.17) is 15.2 Å². The predicted molar refractivity (Wildman–Crippen MR) is 164 cm³/mol. The molecule has 1 aromatic carbocycles. The number of hydrogen-bond donors (Lipinski definition) is 3. The number of halogens is 10. The predicted octanol–water partition coefficient (Wildman–Crippen LogP) is 6.55. The summed E-state index contributed by atoms with van der Waals surface area (Å²) in [5.41, 5.74) is -2.99. The van der Waals surface area contributed by atoms with Crippen LogP contribution in [0.4, 0.5) is 55.4 Å². The van der Waals surface area contributed by atoms with E-state index in [2.05, 4.69) is 37.6 Å². The molecular formula is C31H33F10N7O2. The molecule has 274 valence electrons. The fourth-order valence-corrected chi connectivity index (χ4v) is 5.44. The molecule has 2 aromatic heterocycles. The zero-order chi connectivity index (χ0) is 37.4. The highest BCUT2D eigenvalue weighted by molar-refractivity contribution is 5.97. The molecule has 1 aliphatic carbocycles. The molecule has 2 aliphatic rings. The summed E-state index contributed by atoms with van der Waals surface area (Å²) >= 11 is 0. The Hall–Kier alpha value is -4.47. The maximum atomic E-state index is 16.5. The van der Waals surface area contributed by atoms with Crippen molar-refractivity contribution in [1.29, 1.82) is 0 Å². The number of nitrogens with zero attached hydrogens (tertiary/aromatic N) is 4. The fourth-order valence-electron chi connectivity index (χ4n) is 5.44. The average Bonchev–Trinajstić information content (AvgIpc) is 3.55. The van der Waals surface area contributed by atoms with Crippen molar-refractivity contribution in [2.75, 3.05) is 51.4 Å². The summed E-state index contributed by atoms with van der Waals surface area (Å²) in [6.07, 6.45) is -14.4. The van der Waals surface area contributed by atoms with Crippen molar-refractivity contribution in [2.24, 2.45) is 5.41 Å². The molecular weight excluding hydrogens is 692 g/mol. The monoisotopic (exact) mass is 725 g/mol. The number of pyridine rings is 1. The smallest absolute Gasteiger partial charge is 0.425 e.